The number of aryl methyl sites for hydroxylation is 3. The van der Waals surface area contributed by atoms with Crippen LogP contribution in [-0.2, 0) is 13.0 Å². The van der Waals surface area contributed by atoms with Crippen LogP contribution in [0.2, 0.25) is 0 Å². The Kier molecular flexibility index (Phi) is 5.63. The molecule has 0 spiro atoms. The van der Waals surface area contributed by atoms with Gasteiger partial charge in [0, 0.05) is 35.6 Å². The predicted octanol–water partition coefficient (Wildman–Crippen LogP) is 4.17. The molecule has 1 atom stereocenters. The van der Waals surface area contributed by atoms with E-state index >= 15 is 0 Å². The highest BCUT2D eigenvalue weighted by molar-refractivity contribution is 6.04. The molecule has 3 N–H and O–H groups in total. The lowest BCUT2D eigenvalue weighted by molar-refractivity contribution is 0.102. The number of pyridine rings is 1. The number of hydrogen-bond acceptors (Lipinski definition) is 7. The number of carbonyl (C=O) groups is 1. The van der Waals surface area contributed by atoms with Gasteiger partial charge in [-0.05, 0) is 62.9 Å². The fraction of sp³-hybridized carbons (Fsp3) is 0.259. The summed E-state index contributed by atoms with van der Waals surface area (Å²) in [5.74, 6) is 0.659. The first-order valence-corrected chi connectivity index (χ1v) is 12.4. The SMILES string of the molecule is CCn1cc2c(n1)CCC[C@@H]2n1nc(-c2ccc(C(=O)Nc3cc(C)ccn3)cc2)c2c(N)ncnc21. The van der Waals surface area contributed by atoms with Crippen molar-refractivity contribution in [2.75, 3.05) is 11.1 Å². The summed E-state index contributed by atoms with van der Waals surface area (Å²) >= 11 is 0. The molecule has 10 heteroatoms. The standard InChI is InChI=1S/C27H27N9O/c1-3-35-14-19-20(33-35)5-4-6-21(19)36-26-23(25(28)30-15-31-26)24(34-36)17-7-9-18(10-8-17)27(37)32-22-13-16(2)11-12-29-22/h7-15,21H,3-6H2,1-2H3,(H2,28,30,31)(H,29,32,37)/t21-/m0/s1. The molecule has 0 fully saturated rings. The van der Waals surface area contributed by atoms with Crippen molar-refractivity contribution in [3.8, 4) is 11.3 Å². The Hall–Kier alpha value is -4.60. The maximum absolute atomic E-state index is 12.8. The fourth-order valence-electron chi connectivity index (χ4n) is 4.97. The van der Waals surface area contributed by atoms with Crippen LogP contribution in [0.1, 0.15) is 53.0 Å². The number of amides is 1. The van der Waals surface area contributed by atoms with E-state index in [9.17, 15) is 4.79 Å². The molecule has 1 aliphatic rings. The van der Waals surface area contributed by atoms with Crippen molar-refractivity contribution in [3.63, 3.8) is 0 Å². The Morgan fingerprint density at radius 3 is 2.76 bits per heavy atom. The molecule has 5 aromatic rings. The lowest BCUT2D eigenvalue weighted by Crippen LogP contribution is -2.18. The van der Waals surface area contributed by atoms with Crippen molar-refractivity contribution >= 4 is 28.6 Å². The molecule has 37 heavy (non-hydrogen) atoms. The number of carbonyl (C=O) groups excluding carboxylic acids is 1. The second kappa shape index (κ2) is 9.12. The van der Waals surface area contributed by atoms with Gasteiger partial charge in [-0.3, -0.25) is 9.48 Å². The van der Waals surface area contributed by atoms with E-state index in [2.05, 4.69) is 33.4 Å². The number of rotatable bonds is 5. The third-order valence-electron chi connectivity index (χ3n) is 6.84. The maximum Gasteiger partial charge on any atom is 0.256 e. The first-order chi connectivity index (χ1) is 18.0. The highest BCUT2D eigenvalue weighted by atomic mass is 16.1. The maximum atomic E-state index is 12.8. The van der Waals surface area contributed by atoms with Crippen LogP contribution in [0.5, 0.6) is 0 Å². The summed E-state index contributed by atoms with van der Waals surface area (Å²) in [7, 11) is 0. The Morgan fingerprint density at radius 2 is 1.97 bits per heavy atom. The van der Waals surface area contributed by atoms with E-state index in [4.69, 9.17) is 15.9 Å². The van der Waals surface area contributed by atoms with E-state index < -0.39 is 0 Å². The Balaban J connectivity index is 1.37. The average Bonchev–Trinajstić information content (AvgIpc) is 3.51. The van der Waals surface area contributed by atoms with Crippen molar-refractivity contribution in [2.45, 2.75) is 45.7 Å². The van der Waals surface area contributed by atoms with Crippen molar-refractivity contribution in [2.24, 2.45) is 0 Å². The van der Waals surface area contributed by atoms with E-state index in [-0.39, 0.29) is 11.9 Å². The van der Waals surface area contributed by atoms with Gasteiger partial charge in [-0.1, -0.05) is 12.1 Å². The van der Waals surface area contributed by atoms with Gasteiger partial charge in [-0.2, -0.15) is 10.2 Å². The van der Waals surface area contributed by atoms with Gasteiger partial charge in [-0.25, -0.2) is 19.6 Å². The summed E-state index contributed by atoms with van der Waals surface area (Å²) in [6, 6.07) is 11.0. The predicted molar refractivity (Wildman–Crippen MR) is 141 cm³/mol. The molecule has 6 rings (SSSR count). The van der Waals surface area contributed by atoms with E-state index in [1.807, 2.05) is 40.6 Å². The average molecular weight is 494 g/mol. The molecule has 10 nitrogen and oxygen atoms in total. The number of aromatic nitrogens is 7. The van der Waals surface area contributed by atoms with E-state index in [1.54, 1.807) is 18.3 Å². The second-order valence-corrected chi connectivity index (χ2v) is 9.30. The molecule has 1 aromatic carbocycles. The fourth-order valence-corrected chi connectivity index (χ4v) is 4.97. The van der Waals surface area contributed by atoms with Gasteiger partial charge in [0.2, 0.25) is 0 Å². The van der Waals surface area contributed by atoms with Crippen LogP contribution >= 0.6 is 0 Å². The summed E-state index contributed by atoms with van der Waals surface area (Å²) < 4.78 is 3.95. The molecule has 1 aliphatic carbocycles. The molecular formula is C27H27N9O. The van der Waals surface area contributed by atoms with E-state index in [0.717, 1.165) is 42.6 Å². The van der Waals surface area contributed by atoms with Gasteiger partial charge in [0.25, 0.3) is 5.91 Å². The zero-order chi connectivity index (χ0) is 25.5. The summed E-state index contributed by atoms with van der Waals surface area (Å²) in [5, 5.41) is 13.3. The number of nitrogens with zero attached hydrogens (tertiary/aromatic N) is 7. The number of anilines is 2. The van der Waals surface area contributed by atoms with Crippen LogP contribution in [0.3, 0.4) is 0 Å². The van der Waals surface area contributed by atoms with Crippen LogP contribution < -0.4 is 11.1 Å². The topological polar surface area (TPSA) is 129 Å². The smallest absolute Gasteiger partial charge is 0.256 e. The molecule has 1 amide bonds. The molecule has 0 saturated carbocycles. The van der Waals surface area contributed by atoms with Crippen LogP contribution in [0, 0.1) is 6.92 Å². The van der Waals surface area contributed by atoms with Gasteiger partial charge < -0.3 is 11.1 Å². The Labute approximate surface area is 213 Å². The molecule has 186 valence electrons. The highest BCUT2D eigenvalue weighted by Crippen LogP contribution is 2.37. The minimum Gasteiger partial charge on any atom is -0.383 e. The monoisotopic (exact) mass is 493 g/mol. The minimum absolute atomic E-state index is 0.0153. The van der Waals surface area contributed by atoms with Gasteiger partial charge in [0.15, 0.2) is 5.65 Å². The zero-order valence-electron chi connectivity index (χ0n) is 20.7. The zero-order valence-corrected chi connectivity index (χ0v) is 20.7. The lowest BCUT2D eigenvalue weighted by atomic mass is 9.93. The number of hydrogen-bond donors (Lipinski definition) is 2. The van der Waals surface area contributed by atoms with E-state index in [0.29, 0.717) is 33.9 Å². The number of nitrogens with one attached hydrogen (secondary N) is 1. The van der Waals surface area contributed by atoms with Crippen LogP contribution in [0.25, 0.3) is 22.3 Å². The third kappa shape index (κ3) is 4.10. The summed E-state index contributed by atoms with van der Waals surface area (Å²) in [5.41, 5.74) is 12.4. The van der Waals surface area contributed by atoms with Gasteiger partial charge in [-0.15, -0.1) is 0 Å². The van der Waals surface area contributed by atoms with Crippen molar-refractivity contribution in [1.29, 1.82) is 0 Å². The first kappa shape index (κ1) is 22.8. The van der Waals surface area contributed by atoms with Crippen molar-refractivity contribution < 1.29 is 4.79 Å². The number of benzene rings is 1. The normalized spacial score (nSPS) is 15.0. The molecule has 0 unspecified atom stereocenters. The number of nitrogens with two attached hydrogens (primary N) is 1. The highest BCUT2D eigenvalue weighted by Gasteiger charge is 2.29. The number of nitrogen functional groups attached to an aromatic ring is 1. The molecular weight excluding hydrogens is 466 g/mol. The molecule has 4 heterocycles. The lowest BCUT2D eigenvalue weighted by Gasteiger charge is -2.22. The van der Waals surface area contributed by atoms with Crippen molar-refractivity contribution in [1.82, 2.24) is 34.5 Å². The second-order valence-electron chi connectivity index (χ2n) is 9.30. The summed E-state index contributed by atoms with van der Waals surface area (Å²) in [4.78, 5) is 25.8. The molecule has 0 aliphatic heterocycles. The number of fused-ring (bicyclic) bond motifs is 2. The largest absolute Gasteiger partial charge is 0.383 e. The van der Waals surface area contributed by atoms with Crippen LogP contribution in [-0.4, -0.2) is 40.4 Å². The molecule has 4 aromatic heterocycles. The Morgan fingerprint density at radius 1 is 1.14 bits per heavy atom. The molecule has 0 saturated heterocycles. The van der Waals surface area contributed by atoms with Gasteiger partial charge in [0.05, 0.1) is 17.1 Å². The molecule has 0 bridgehead atoms. The Bertz CT molecular complexity index is 1620. The first-order valence-electron chi connectivity index (χ1n) is 12.4. The molecule has 0 radical (unpaired) electrons. The van der Waals surface area contributed by atoms with Gasteiger partial charge in [0.1, 0.15) is 23.7 Å². The third-order valence-corrected chi connectivity index (χ3v) is 6.84. The minimum atomic E-state index is -0.231. The summed E-state index contributed by atoms with van der Waals surface area (Å²) in [6.45, 7) is 4.86. The van der Waals surface area contributed by atoms with E-state index in [1.165, 1.54) is 11.9 Å². The van der Waals surface area contributed by atoms with Crippen LogP contribution in [0.4, 0.5) is 11.6 Å². The van der Waals surface area contributed by atoms with Gasteiger partial charge >= 0.3 is 0 Å². The van der Waals surface area contributed by atoms with Crippen LogP contribution in [0.15, 0.2) is 55.1 Å². The quantitative estimate of drug-likeness (QED) is 0.376. The van der Waals surface area contributed by atoms with Crippen molar-refractivity contribution in [3.05, 3.63) is 77.5 Å². The summed E-state index contributed by atoms with van der Waals surface area (Å²) in [6.07, 6.45) is 8.19.